The van der Waals surface area contributed by atoms with Crippen molar-refractivity contribution < 1.29 is 14.3 Å². The molecule has 0 fully saturated rings. The van der Waals surface area contributed by atoms with Gasteiger partial charge in [0.2, 0.25) is 0 Å². The average Bonchev–Trinajstić information content (AvgIpc) is 2.98. The second kappa shape index (κ2) is 5.79. The Hall–Kier alpha value is -2.28. The number of carbonyl (C=O) groups excluding carboxylic acids is 1. The van der Waals surface area contributed by atoms with Crippen molar-refractivity contribution in [1.82, 2.24) is 10.3 Å². The van der Waals surface area contributed by atoms with Gasteiger partial charge in [-0.3, -0.25) is 5.32 Å². The molecule has 3 rings (SSSR count). The Kier molecular flexibility index (Phi) is 3.69. The molecular formula is C13H13N3O3S. The largest absolute Gasteiger partial charge is 0.486 e. The van der Waals surface area contributed by atoms with Gasteiger partial charge in [-0.15, -0.1) is 11.3 Å². The first kappa shape index (κ1) is 12.7. The minimum Gasteiger partial charge on any atom is -0.486 e. The Morgan fingerprint density at radius 3 is 3.05 bits per heavy atom. The summed E-state index contributed by atoms with van der Waals surface area (Å²) >= 11 is 1.36. The summed E-state index contributed by atoms with van der Waals surface area (Å²) in [4.78, 5) is 15.6. The maximum atomic E-state index is 11.6. The lowest BCUT2D eigenvalue weighted by molar-refractivity contribution is 0.0922. The fraction of sp³-hybridized carbons (Fsp3) is 0.231. The predicted molar refractivity (Wildman–Crippen MR) is 75.5 cm³/mol. The fourth-order valence-corrected chi connectivity index (χ4v) is 2.32. The Balaban J connectivity index is 1.49. The number of carbonyl (C=O) groups is 1. The molecule has 0 spiro atoms. The van der Waals surface area contributed by atoms with E-state index in [0.717, 1.165) is 5.75 Å². The molecule has 104 valence electrons. The molecule has 2 aromatic rings. The van der Waals surface area contributed by atoms with Crippen molar-refractivity contribution in [3.05, 3.63) is 35.8 Å². The molecule has 1 aliphatic rings. The van der Waals surface area contributed by atoms with Gasteiger partial charge >= 0.3 is 6.03 Å². The maximum Gasteiger partial charge on any atom is 0.321 e. The van der Waals surface area contributed by atoms with E-state index in [1.54, 1.807) is 11.6 Å². The summed E-state index contributed by atoms with van der Waals surface area (Å²) in [5.41, 5.74) is 0. The highest BCUT2D eigenvalue weighted by atomic mass is 32.1. The lowest BCUT2D eigenvalue weighted by Crippen LogP contribution is -2.42. The van der Waals surface area contributed by atoms with E-state index in [0.29, 0.717) is 24.0 Å². The molecule has 0 saturated carbocycles. The second-order valence-electron chi connectivity index (χ2n) is 4.17. The lowest BCUT2D eigenvalue weighted by atomic mass is 10.2. The number of nitrogens with zero attached hydrogens (tertiary/aromatic N) is 1. The molecule has 0 bridgehead atoms. The van der Waals surface area contributed by atoms with Crippen LogP contribution in [-0.4, -0.2) is 30.3 Å². The smallest absolute Gasteiger partial charge is 0.321 e. The van der Waals surface area contributed by atoms with E-state index in [9.17, 15) is 4.79 Å². The van der Waals surface area contributed by atoms with Crippen LogP contribution < -0.4 is 20.1 Å². The van der Waals surface area contributed by atoms with Crippen molar-refractivity contribution in [3.63, 3.8) is 0 Å². The molecule has 1 aromatic heterocycles. The maximum absolute atomic E-state index is 11.6. The van der Waals surface area contributed by atoms with Crippen LogP contribution in [0.15, 0.2) is 35.8 Å². The quantitative estimate of drug-likeness (QED) is 0.908. The van der Waals surface area contributed by atoms with E-state index < -0.39 is 0 Å². The number of hydrogen-bond donors (Lipinski definition) is 2. The normalized spacial score (nSPS) is 16.5. The molecule has 2 N–H and O–H groups in total. The third kappa shape index (κ3) is 3.00. The third-order valence-corrected chi connectivity index (χ3v) is 3.40. The molecule has 1 atom stereocenters. The van der Waals surface area contributed by atoms with Gasteiger partial charge in [0.1, 0.15) is 6.61 Å². The van der Waals surface area contributed by atoms with Gasteiger partial charge in [-0.2, -0.15) is 0 Å². The molecule has 0 unspecified atom stereocenters. The molecule has 1 aromatic carbocycles. The number of rotatable bonds is 3. The monoisotopic (exact) mass is 291 g/mol. The molecule has 0 radical (unpaired) electrons. The molecule has 0 saturated heterocycles. The Morgan fingerprint density at radius 2 is 2.25 bits per heavy atom. The van der Waals surface area contributed by atoms with Crippen molar-refractivity contribution in [3.8, 4) is 11.5 Å². The number of urea groups is 1. The van der Waals surface area contributed by atoms with Gasteiger partial charge < -0.3 is 14.8 Å². The van der Waals surface area contributed by atoms with Crippen LogP contribution in [0.25, 0.3) is 0 Å². The minimum atomic E-state index is -0.303. The molecule has 2 amide bonds. The van der Waals surface area contributed by atoms with E-state index in [1.807, 2.05) is 24.3 Å². The Labute approximate surface area is 119 Å². The summed E-state index contributed by atoms with van der Waals surface area (Å²) < 4.78 is 11.3. The second-order valence-corrected chi connectivity index (χ2v) is 5.06. The first-order chi connectivity index (χ1) is 9.81. The third-order valence-electron chi connectivity index (χ3n) is 2.71. The SMILES string of the molecule is O=C(NC[C@@H]1COc2ccccc2O1)Nc1nccs1. The van der Waals surface area contributed by atoms with Crippen LogP contribution in [0.1, 0.15) is 0 Å². The molecular weight excluding hydrogens is 278 g/mol. The van der Waals surface area contributed by atoms with E-state index in [-0.39, 0.29) is 12.1 Å². The number of fused-ring (bicyclic) bond motifs is 1. The number of amides is 2. The molecule has 2 heterocycles. The van der Waals surface area contributed by atoms with Crippen LogP contribution >= 0.6 is 11.3 Å². The molecule has 7 heteroatoms. The number of ether oxygens (including phenoxy) is 2. The number of nitrogens with one attached hydrogen (secondary N) is 2. The zero-order valence-electron chi connectivity index (χ0n) is 10.5. The topological polar surface area (TPSA) is 72.5 Å². The van der Waals surface area contributed by atoms with Crippen LogP contribution in [0.5, 0.6) is 11.5 Å². The van der Waals surface area contributed by atoms with Crippen LogP contribution in [0.4, 0.5) is 9.93 Å². The summed E-state index contributed by atoms with van der Waals surface area (Å²) in [6.07, 6.45) is 1.43. The highest BCUT2D eigenvalue weighted by Crippen LogP contribution is 2.30. The van der Waals surface area contributed by atoms with E-state index in [1.165, 1.54) is 11.3 Å². The number of thiazole rings is 1. The summed E-state index contributed by atoms with van der Waals surface area (Å²) in [5, 5.41) is 7.73. The summed E-state index contributed by atoms with van der Waals surface area (Å²) in [5.74, 6) is 1.43. The van der Waals surface area contributed by atoms with Gasteiger partial charge in [-0.1, -0.05) is 12.1 Å². The van der Waals surface area contributed by atoms with Crippen LogP contribution in [0.3, 0.4) is 0 Å². The molecule has 6 nitrogen and oxygen atoms in total. The van der Waals surface area contributed by atoms with E-state index in [2.05, 4.69) is 15.6 Å². The van der Waals surface area contributed by atoms with Crippen molar-refractivity contribution in [1.29, 1.82) is 0 Å². The van der Waals surface area contributed by atoms with Gasteiger partial charge in [-0.05, 0) is 12.1 Å². The van der Waals surface area contributed by atoms with Crippen LogP contribution in [-0.2, 0) is 0 Å². The van der Waals surface area contributed by atoms with Crippen molar-refractivity contribution in [2.75, 3.05) is 18.5 Å². The lowest BCUT2D eigenvalue weighted by Gasteiger charge is -2.26. The molecule has 1 aliphatic heterocycles. The highest BCUT2D eigenvalue weighted by Gasteiger charge is 2.21. The number of benzene rings is 1. The summed E-state index contributed by atoms with van der Waals surface area (Å²) in [6.45, 7) is 0.778. The van der Waals surface area contributed by atoms with E-state index >= 15 is 0 Å². The Bertz CT molecular complexity index is 588. The average molecular weight is 291 g/mol. The van der Waals surface area contributed by atoms with Gasteiger partial charge in [0.05, 0.1) is 6.54 Å². The zero-order valence-corrected chi connectivity index (χ0v) is 11.4. The zero-order chi connectivity index (χ0) is 13.8. The fourth-order valence-electron chi connectivity index (χ4n) is 1.80. The van der Waals surface area contributed by atoms with Crippen LogP contribution in [0, 0.1) is 0 Å². The van der Waals surface area contributed by atoms with Gasteiger partial charge in [0.25, 0.3) is 0 Å². The first-order valence-electron chi connectivity index (χ1n) is 6.14. The predicted octanol–water partition coefficient (Wildman–Crippen LogP) is 2.10. The van der Waals surface area contributed by atoms with Crippen LogP contribution in [0.2, 0.25) is 0 Å². The standard InChI is InChI=1S/C13H13N3O3S/c17-12(16-13-14-5-6-20-13)15-7-9-8-18-10-3-1-2-4-11(10)19-9/h1-6,9H,7-8H2,(H2,14,15,16,17)/t9-/m1/s1. The highest BCUT2D eigenvalue weighted by molar-refractivity contribution is 7.13. The number of para-hydroxylation sites is 2. The summed E-state index contributed by atoms with van der Waals surface area (Å²) in [7, 11) is 0. The van der Waals surface area contributed by atoms with Gasteiger partial charge in [0.15, 0.2) is 22.7 Å². The van der Waals surface area contributed by atoms with Gasteiger partial charge in [0, 0.05) is 11.6 Å². The minimum absolute atomic E-state index is 0.202. The van der Waals surface area contributed by atoms with E-state index in [4.69, 9.17) is 9.47 Å². The number of hydrogen-bond acceptors (Lipinski definition) is 5. The van der Waals surface area contributed by atoms with Crippen molar-refractivity contribution in [2.24, 2.45) is 0 Å². The summed E-state index contributed by atoms with van der Waals surface area (Å²) in [6, 6.07) is 7.17. The van der Waals surface area contributed by atoms with Crippen molar-refractivity contribution >= 4 is 22.5 Å². The number of anilines is 1. The first-order valence-corrected chi connectivity index (χ1v) is 7.02. The molecule has 0 aliphatic carbocycles. The Morgan fingerprint density at radius 1 is 1.40 bits per heavy atom. The van der Waals surface area contributed by atoms with Gasteiger partial charge in [-0.25, -0.2) is 9.78 Å². The van der Waals surface area contributed by atoms with Crippen molar-refractivity contribution in [2.45, 2.75) is 6.10 Å². The number of aromatic nitrogens is 1. The molecule has 20 heavy (non-hydrogen) atoms.